The maximum Gasteiger partial charge on any atom is 0.306 e. The maximum absolute atomic E-state index is 11.0. The molecule has 9 heteroatoms. The Morgan fingerprint density at radius 1 is 1.06 bits per heavy atom. The van der Waals surface area contributed by atoms with Crippen LogP contribution in [0.15, 0.2) is 18.2 Å². The van der Waals surface area contributed by atoms with Crippen LogP contribution in [0.4, 0.5) is 0 Å². The maximum atomic E-state index is 11.0. The van der Waals surface area contributed by atoms with Gasteiger partial charge in [0.15, 0.2) is 5.75 Å². The van der Waals surface area contributed by atoms with Crippen molar-refractivity contribution in [2.75, 3.05) is 12.5 Å². The Labute approximate surface area is 105 Å². The molecule has 7 nitrogen and oxygen atoms in total. The molecule has 102 valence electrons. The standard InChI is InChI=1S/C9H12O7S2/c1-17(11,12)15-8-4-3-7(6-10)9(5-8)16-18(2,13)14/h3-5,10H,6H2,1-2H3. The molecule has 0 bridgehead atoms. The number of hydrogen-bond donors (Lipinski definition) is 1. The average molecular weight is 296 g/mol. The summed E-state index contributed by atoms with van der Waals surface area (Å²) in [5, 5.41) is 9.00. The van der Waals surface area contributed by atoms with E-state index >= 15 is 0 Å². The molecule has 0 aliphatic carbocycles. The Kier molecular flexibility index (Phi) is 4.20. The third-order valence-corrected chi connectivity index (χ3v) is 2.68. The first kappa shape index (κ1) is 14.7. The largest absolute Gasteiger partial charge is 0.392 e. The van der Waals surface area contributed by atoms with Crippen LogP contribution in [0.1, 0.15) is 5.56 Å². The summed E-state index contributed by atoms with van der Waals surface area (Å²) in [6.45, 7) is -0.454. The van der Waals surface area contributed by atoms with Gasteiger partial charge in [-0.1, -0.05) is 0 Å². The van der Waals surface area contributed by atoms with Crippen LogP contribution in [0.25, 0.3) is 0 Å². The minimum atomic E-state index is -3.79. The number of aliphatic hydroxyl groups is 1. The zero-order chi connectivity index (χ0) is 14.0. The smallest absolute Gasteiger partial charge is 0.306 e. The van der Waals surface area contributed by atoms with Crippen molar-refractivity contribution >= 4 is 20.2 Å². The lowest BCUT2D eigenvalue weighted by molar-refractivity contribution is 0.278. The number of aliphatic hydroxyl groups excluding tert-OH is 1. The summed E-state index contributed by atoms with van der Waals surface area (Å²) in [6.07, 6.45) is 1.68. The van der Waals surface area contributed by atoms with Gasteiger partial charge in [-0.3, -0.25) is 0 Å². The molecule has 0 fully saturated rings. The molecule has 0 saturated carbocycles. The Bertz CT molecular complexity index is 631. The van der Waals surface area contributed by atoms with Gasteiger partial charge >= 0.3 is 20.2 Å². The summed E-state index contributed by atoms with van der Waals surface area (Å²) in [5.74, 6) is -0.283. The van der Waals surface area contributed by atoms with E-state index in [9.17, 15) is 16.8 Å². The van der Waals surface area contributed by atoms with Crippen LogP contribution >= 0.6 is 0 Å². The molecule has 0 aliphatic rings. The summed E-state index contributed by atoms with van der Waals surface area (Å²) in [7, 11) is -7.51. The van der Waals surface area contributed by atoms with E-state index in [2.05, 4.69) is 8.37 Å². The van der Waals surface area contributed by atoms with E-state index in [0.29, 0.717) is 0 Å². The highest BCUT2D eigenvalue weighted by Gasteiger charge is 2.13. The fourth-order valence-electron chi connectivity index (χ4n) is 1.13. The lowest BCUT2D eigenvalue weighted by atomic mass is 10.2. The van der Waals surface area contributed by atoms with Gasteiger partial charge in [-0.2, -0.15) is 16.8 Å². The van der Waals surface area contributed by atoms with Crippen molar-refractivity contribution in [1.29, 1.82) is 0 Å². The lowest BCUT2D eigenvalue weighted by Crippen LogP contribution is -2.09. The van der Waals surface area contributed by atoms with Gasteiger partial charge in [-0.05, 0) is 12.1 Å². The van der Waals surface area contributed by atoms with Crippen molar-refractivity contribution in [2.24, 2.45) is 0 Å². The minimum absolute atomic E-state index is 0.103. The summed E-state index contributed by atoms with van der Waals surface area (Å²) in [6, 6.07) is 3.66. The van der Waals surface area contributed by atoms with Gasteiger partial charge in [-0.15, -0.1) is 0 Å². The third kappa shape index (κ3) is 4.90. The zero-order valence-electron chi connectivity index (χ0n) is 9.65. The molecule has 0 saturated heterocycles. The summed E-state index contributed by atoms with van der Waals surface area (Å²) < 4.78 is 53.0. The van der Waals surface area contributed by atoms with Gasteiger partial charge in [0, 0.05) is 11.6 Å². The fraction of sp³-hybridized carbons (Fsp3) is 0.333. The van der Waals surface area contributed by atoms with E-state index < -0.39 is 26.8 Å². The van der Waals surface area contributed by atoms with Crippen LogP contribution < -0.4 is 8.37 Å². The van der Waals surface area contributed by atoms with Gasteiger partial charge in [0.05, 0.1) is 19.1 Å². The lowest BCUT2D eigenvalue weighted by Gasteiger charge is -2.10. The van der Waals surface area contributed by atoms with Gasteiger partial charge in [0.2, 0.25) is 0 Å². The monoisotopic (exact) mass is 296 g/mol. The third-order valence-electron chi connectivity index (χ3n) is 1.70. The van der Waals surface area contributed by atoms with Crippen molar-refractivity contribution in [3.63, 3.8) is 0 Å². The molecular weight excluding hydrogens is 284 g/mol. The van der Waals surface area contributed by atoms with E-state index in [1.54, 1.807) is 0 Å². The van der Waals surface area contributed by atoms with Gasteiger partial charge in [0.1, 0.15) is 5.75 Å². The summed E-state index contributed by atoms with van der Waals surface area (Å²) in [5.41, 5.74) is 0.196. The van der Waals surface area contributed by atoms with Crippen molar-refractivity contribution in [1.82, 2.24) is 0 Å². The van der Waals surface area contributed by atoms with Crippen molar-refractivity contribution in [3.05, 3.63) is 23.8 Å². The predicted molar refractivity (Wildman–Crippen MR) is 63.3 cm³/mol. The molecule has 1 N–H and O–H groups in total. The molecule has 1 aromatic carbocycles. The highest BCUT2D eigenvalue weighted by atomic mass is 32.2. The normalized spacial score (nSPS) is 12.2. The Morgan fingerprint density at radius 2 is 1.61 bits per heavy atom. The molecule has 1 rings (SSSR count). The van der Waals surface area contributed by atoms with Crippen LogP contribution in [0.5, 0.6) is 11.5 Å². The Hall–Kier alpha value is -1.32. The topological polar surface area (TPSA) is 107 Å². The van der Waals surface area contributed by atoms with Crippen LogP contribution in [-0.4, -0.2) is 34.5 Å². The van der Waals surface area contributed by atoms with Crippen LogP contribution in [0, 0.1) is 0 Å². The van der Waals surface area contributed by atoms with Crippen molar-refractivity contribution < 1.29 is 30.3 Å². The number of benzene rings is 1. The number of rotatable bonds is 5. The highest BCUT2D eigenvalue weighted by molar-refractivity contribution is 7.86. The molecule has 0 aromatic heterocycles. The number of hydrogen-bond acceptors (Lipinski definition) is 7. The zero-order valence-corrected chi connectivity index (χ0v) is 11.3. The molecule has 1 aromatic rings. The molecule has 0 aliphatic heterocycles. The highest BCUT2D eigenvalue weighted by Crippen LogP contribution is 2.26. The quantitative estimate of drug-likeness (QED) is 0.753. The SMILES string of the molecule is CS(=O)(=O)Oc1ccc(CO)c(OS(C)(=O)=O)c1. The second kappa shape index (κ2) is 5.12. The molecule has 0 radical (unpaired) electrons. The first-order valence-electron chi connectivity index (χ1n) is 4.63. The Morgan fingerprint density at radius 3 is 2.06 bits per heavy atom. The fourth-order valence-corrected chi connectivity index (χ4v) is 2.07. The van der Waals surface area contributed by atoms with Crippen LogP contribution in [0.3, 0.4) is 0 Å². The van der Waals surface area contributed by atoms with E-state index in [-0.39, 0.29) is 17.1 Å². The predicted octanol–water partition coefficient (Wildman–Crippen LogP) is -0.144. The van der Waals surface area contributed by atoms with E-state index in [1.807, 2.05) is 0 Å². The average Bonchev–Trinajstić information content (AvgIpc) is 2.12. The van der Waals surface area contributed by atoms with Crippen LogP contribution in [-0.2, 0) is 26.8 Å². The first-order valence-corrected chi connectivity index (χ1v) is 8.27. The van der Waals surface area contributed by atoms with Gasteiger partial charge < -0.3 is 13.5 Å². The Balaban J connectivity index is 3.17. The van der Waals surface area contributed by atoms with E-state index in [1.165, 1.54) is 12.1 Å². The molecule has 0 spiro atoms. The molecule has 0 atom stereocenters. The van der Waals surface area contributed by atoms with Crippen LogP contribution in [0.2, 0.25) is 0 Å². The molecule has 18 heavy (non-hydrogen) atoms. The second-order valence-corrected chi connectivity index (χ2v) is 6.65. The summed E-state index contributed by atoms with van der Waals surface area (Å²) in [4.78, 5) is 0. The first-order chi connectivity index (χ1) is 8.11. The molecule has 0 amide bonds. The van der Waals surface area contributed by atoms with Crippen molar-refractivity contribution in [2.45, 2.75) is 6.61 Å². The van der Waals surface area contributed by atoms with Gasteiger partial charge in [-0.25, -0.2) is 0 Å². The summed E-state index contributed by atoms with van der Waals surface area (Å²) >= 11 is 0. The van der Waals surface area contributed by atoms with E-state index in [4.69, 9.17) is 5.11 Å². The van der Waals surface area contributed by atoms with Gasteiger partial charge in [0.25, 0.3) is 0 Å². The molecule has 0 heterocycles. The molecule has 0 unspecified atom stereocenters. The van der Waals surface area contributed by atoms with E-state index in [0.717, 1.165) is 18.6 Å². The second-order valence-electron chi connectivity index (χ2n) is 3.50. The molecular formula is C9H12O7S2. The van der Waals surface area contributed by atoms with Crippen molar-refractivity contribution in [3.8, 4) is 11.5 Å². The minimum Gasteiger partial charge on any atom is -0.392 e.